The number of nitrogens with one attached hydrogen (secondary N) is 1. The molecule has 19 heavy (non-hydrogen) atoms. The van der Waals surface area contributed by atoms with Crippen LogP contribution in [0.1, 0.15) is 57.8 Å². The van der Waals surface area contributed by atoms with Gasteiger partial charge in [0.2, 0.25) is 5.91 Å². The minimum Gasteiger partial charge on any atom is -0.326 e. The highest BCUT2D eigenvalue weighted by atomic mass is 16.1. The molecule has 0 aliphatic carbocycles. The number of amides is 1. The van der Waals surface area contributed by atoms with Gasteiger partial charge < -0.3 is 5.32 Å². The highest BCUT2D eigenvalue weighted by Gasteiger charge is 2.10. The number of rotatable bonds is 5. The molecule has 1 aromatic carbocycles. The van der Waals surface area contributed by atoms with Gasteiger partial charge in [-0.15, -0.1) is 0 Å². The highest BCUT2D eigenvalue weighted by molar-refractivity contribution is 5.98. The van der Waals surface area contributed by atoms with Gasteiger partial charge in [0, 0.05) is 23.6 Å². The van der Waals surface area contributed by atoms with E-state index in [2.05, 4.69) is 5.32 Å². The fourth-order valence-corrected chi connectivity index (χ4v) is 1.50. The van der Waals surface area contributed by atoms with Crippen molar-refractivity contribution in [1.82, 2.24) is 0 Å². The van der Waals surface area contributed by atoms with Crippen LogP contribution in [0.2, 0.25) is 0 Å². The molecule has 0 saturated carbocycles. The second-order valence-electron chi connectivity index (χ2n) is 4.39. The molecule has 3 heteroatoms. The predicted molar refractivity (Wildman–Crippen MR) is 80.5 cm³/mol. The first kappa shape index (κ1) is 17.4. The summed E-state index contributed by atoms with van der Waals surface area (Å²) in [7, 11) is 0. The Hall–Kier alpha value is -1.64. The molecular formula is C16H25NO2. The Morgan fingerprint density at radius 2 is 1.63 bits per heavy atom. The van der Waals surface area contributed by atoms with Gasteiger partial charge in [0.05, 0.1) is 0 Å². The smallest absolute Gasteiger partial charge is 0.224 e. The third-order valence-corrected chi connectivity index (χ3v) is 2.45. The van der Waals surface area contributed by atoms with Crippen molar-refractivity contribution in [2.75, 3.05) is 5.32 Å². The van der Waals surface area contributed by atoms with Crippen LogP contribution in [0, 0.1) is 5.92 Å². The van der Waals surface area contributed by atoms with Crippen molar-refractivity contribution >= 4 is 17.4 Å². The molecule has 1 rings (SSSR count). The average Bonchev–Trinajstić information content (AvgIpc) is 2.41. The lowest BCUT2D eigenvalue weighted by Gasteiger charge is -2.07. The van der Waals surface area contributed by atoms with Gasteiger partial charge in [-0.25, -0.2) is 0 Å². The molecule has 0 aromatic heterocycles. The molecule has 0 spiro atoms. The van der Waals surface area contributed by atoms with Crippen LogP contribution in [-0.4, -0.2) is 11.7 Å². The van der Waals surface area contributed by atoms with Crippen molar-refractivity contribution in [3.8, 4) is 0 Å². The quantitative estimate of drug-likeness (QED) is 0.805. The van der Waals surface area contributed by atoms with Crippen LogP contribution in [0.5, 0.6) is 0 Å². The topological polar surface area (TPSA) is 46.2 Å². The number of anilines is 1. The van der Waals surface area contributed by atoms with Crippen LogP contribution in [-0.2, 0) is 4.79 Å². The van der Waals surface area contributed by atoms with Gasteiger partial charge in [-0.05, 0) is 30.7 Å². The molecule has 0 unspecified atom stereocenters. The summed E-state index contributed by atoms with van der Waals surface area (Å²) in [5.41, 5.74) is 1.43. The summed E-state index contributed by atoms with van der Waals surface area (Å²) in [5, 5.41) is 2.79. The summed E-state index contributed by atoms with van der Waals surface area (Å²) in [6.45, 7) is 9.71. The first-order chi connectivity index (χ1) is 9.04. The maximum Gasteiger partial charge on any atom is 0.224 e. The lowest BCUT2D eigenvalue weighted by Crippen LogP contribution is -2.11. The summed E-state index contributed by atoms with van der Waals surface area (Å²) in [6, 6.07) is 7.04. The van der Waals surface area contributed by atoms with Gasteiger partial charge in [-0.3, -0.25) is 9.59 Å². The Morgan fingerprint density at radius 3 is 2.05 bits per heavy atom. The van der Waals surface area contributed by atoms with E-state index >= 15 is 0 Å². The monoisotopic (exact) mass is 263 g/mol. The van der Waals surface area contributed by atoms with Gasteiger partial charge in [-0.2, -0.15) is 0 Å². The number of carbonyl (C=O) groups is 2. The lowest BCUT2D eigenvalue weighted by molar-refractivity contribution is -0.116. The minimum absolute atomic E-state index is 0.00414. The van der Waals surface area contributed by atoms with Gasteiger partial charge in [-0.1, -0.05) is 34.6 Å². The van der Waals surface area contributed by atoms with E-state index in [1.807, 2.05) is 34.6 Å². The zero-order valence-electron chi connectivity index (χ0n) is 12.6. The van der Waals surface area contributed by atoms with E-state index in [9.17, 15) is 9.59 Å². The van der Waals surface area contributed by atoms with E-state index in [4.69, 9.17) is 0 Å². The fourth-order valence-electron chi connectivity index (χ4n) is 1.50. The minimum atomic E-state index is -0.00414. The maximum atomic E-state index is 11.7. The van der Waals surface area contributed by atoms with Crippen LogP contribution in [0.3, 0.4) is 0 Å². The number of carbonyl (C=O) groups excluding carboxylic acids is 2. The molecule has 0 radical (unpaired) electrons. The first-order valence-corrected chi connectivity index (χ1v) is 6.98. The molecule has 0 atom stereocenters. The molecule has 0 saturated heterocycles. The summed E-state index contributed by atoms with van der Waals surface area (Å²) < 4.78 is 0. The Bertz CT molecular complexity index is 394. The zero-order valence-corrected chi connectivity index (χ0v) is 12.6. The summed E-state index contributed by atoms with van der Waals surface area (Å²) >= 11 is 0. The van der Waals surface area contributed by atoms with Crippen molar-refractivity contribution < 1.29 is 9.59 Å². The molecule has 0 aliphatic rings. The Balaban J connectivity index is 0.00000154. The van der Waals surface area contributed by atoms with Gasteiger partial charge >= 0.3 is 0 Å². The Kier molecular flexibility index (Phi) is 8.51. The van der Waals surface area contributed by atoms with Crippen molar-refractivity contribution in [1.29, 1.82) is 0 Å². The third kappa shape index (κ3) is 6.18. The first-order valence-electron chi connectivity index (χ1n) is 6.98. The summed E-state index contributed by atoms with van der Waals surface area (Å²) in [6.07, 6.45) is 1.35. The van der Waals surface area contributed by atoms with Crippen LogP contribution in [0.4, 0.5) is 5.69 Å². The van der Waals surface area contributed by atoms with Gasteiger partial charge in [0.25, 0.3) is 0 Å². The number of Topliss-reactive ketones (excluding diaryl/α,β-unsaturated/α-hetero) is 1. The largest absolute Gasteiger partial charge is 0.326 e. The second kappa shape index (κ2) is 9.31. The SMILES string of the molecule is CC.CCCC(=O)Nc1ccc(C(=O)C(C)C)cc1. The molecule has 3 nitrogen and oxygen atoms in total. The number of ketones is 1. The molecule has 1 N–H and O–H groups in total. The van der Waals surface area contributed by atoms with E-state index in [1.54, 1.807) is 24.3 Å². The van der Waals surface area contributed by atoms with E-state index in [1.165, 1.54) is 0 Å². The summed E-state index contributed by atoms with van der Waals surface area (Å²) in [4.78, 5) is 23.1. The molecule has 1 aromatic rings. The number of hydrogen-bond donors (Lipinski definition) is 1. The standard InChI is InChI=1S/C14H19NO2.C2H6/c1-4-5-13(16)15-12-8-6-11(7-9-12)14(17)10(2)3;1-2/h6-10H,4-5H2,1-3H3,(H,15,16);1-2H3. The van der Waals surface area contributed by atoms with Crippen molar-refractivity contribution in [3.63, 3.8) is 0 Å². The highest BCUT2D eigenvalue weighted by Crippen LogP contribution is 2.13. The van der Waals surface area contributed by atoms with Crippen LogP contribution in [0.25, 0.3) is 0 Å². The lowest BCUT2D eigenvalue weighted by atomic mass is 10.0. The molecule has 0 heterocycles. The molecule has 1 amide bonds. The molecule has 106 valence electrons. The zero-order chi connectivity index (χ0) is 14.8. The van der Waals surface area contributed by atoms with Crippen molar-refractivity contribution in [2.45, 2.75) is 47.5 Å². The average molecular weight is 263 g/mol. The van der Waals surface area contributed by atoms with Crippen molar-refractivity contribution in [3.05, 3.63) is 29.8 Å². The third-order valence-electron chi connectivity index (χ3n) is 2.45. The van der Waals surface area contributed by atoms with E-state index in [0.717, 1.165) is 12.1 Å². The number of hydrogen-bond acceptors (Lipinski definition) is 2. The van der Waals surface area contributed by atoms with Crippen LogP contribution in [0.15, 0.2) is 24.3 Å². The van der Waals surface area contributed by atoms with E-state index in [-0.39, 0.29) is 17.6 Å². The van der Waals surface area contributed by atoms with Gasteiger partial charge in [0.1, 0.15) is 0 Å². The molecule has 0 aliphatic heterocycles. The normalized spacial score (nSPS) is 9.58. The van der Waals surface area contributed by atoms with Crippen LogP contribution >= 0.6 is 0 Å². The Morgan fingerprint density at radius 1 is 1.11 bits per heavy atom. The predicted octanol–water partition coefficient (Wildman–Crippen LogP) is 4.29. The molecule has 0 bridgehead atoms. The number of benzene rings is 1. The Labute approximate surface area is 116 Å². The summed E-state index contributed by atoms with van der Waals surface area (Å²) in [5.74, 6) is 0.127. The van der Waals surface area contributed by atoms with Crippen LogP contribution < -0.4 is 5.32 Å². The van der Waals surface area contributed by atoms with E-state index < -0.39 is 0 Å². The second-order valence-corrected chi connectivity index (χ2v) is 4.39. The molecule has 0 fully saturated rings. The van der Waals surface area contributed by atoms with Crippen molar-refractivity contribution in [2.24, 2.45) is 5.92 Å². The maximum absolute atomic E-state index is 11.7. The van der Waals surface area contributed by atoms with Gasteiger partial charge in [0.15, 0.2) is 5.78 Å². The van der Waals surface area contributed by atoms with E-state index in [0.29, 0.717) is 12.0 Å². The molecular weight excluding hydrogens is 238 g/mol. The fraction of sp³-hybridized carbons (Fsp3) is 0.500.